The van der Waals surface area contributed by atoms with Gasteiger partial charge in [-0.3, -0.25) is 15.0 Å². The van der Waals surface area contributed by atoms with Gasteiger partial charge >= 0.3 is 0 Å². The van der Waals surface area contributed by atoms with E-state index in [-0.39, 0.29) is 5.39 Å². The van der Waals surface area contributed by atoms with Gasteiger partial charge in [0.2, 0.25) is 0 Å². The summed E-state index contributed by atoms with van der Waals surface area (Å²) >= 11 is 0. The maximum absolute atomic E-state index is 16.0. The average molecular weight is 481 g/mol. The normalized spacial score (nSPS) is 14.4. The number of pyridine rings is 3. The zero-order valence-corrected chi connectivity index (χ0v) is 19.2. The fourth-order valence-corrected chi connectivity index (χ4v) is 4.92. The van der Waals surface area contributed by atoms with Gasteiger partial charge in [-0.1, -0.05) is 0 Å². The second kappa shape index (κ2) is 8.35. The van der Waals surface area contributed by atoms with Crippen molar-refractivity contribution in [1.29, 1.82) is 0 Å². The predicted octanol–water partition coefficient (Wildman–Crippen LogP) is 4.95. The summed E-state index contributed by atoms with van der Waals surface area (Å²) < 4.78 is 21.3. The first-order valence-electron chi connectivity index (χ1n) is 11.8. The van der Waals surface area contributed by atoms with Crippen molar-refractivity contribution in [2.24, 2.45) is 0 Å². The Hall–Kier alpha value is -4.44. The monoisotopic (exact) mass is 480 g/mol. The van der Waals surface area contributed by atoms with Crippen LogP contribution < -0.4 is 0 Å². The first-order valence-corrected chi connectivity index (χ1v) is 11.8. The molecule has 36 heavy (non-hydrogen) atoms. The van der Waals surface area contributed by atoms with E-state index in [1.807, 2.05) is 24.4 Å². The third kappa shape index (κ3) is 3.45. The van der Waals surface area contributed by atoms with Gasteiger partial charge in [0, 0.05) is 53.6 Å². The molecular weight excluding hydrogens is 459 g/mol. The largest absolute Gasteiger partial charge is 0.472 e. The number of hydrogen-bond donors (Lipinski definition) is 2. The zero-order valence-electron chi connectivity index (χ0n) is 19.2. The molecule has 1 aliphatic heterocycles. The lowest BCUT2D eigenvalue weighted by atomic mass is 10.0. The molecule has 9 nitrogen and oxygen atoms in total. The third-order valence-corrected chi connectivity index (χ3v) is 6.68. The smallest absolute Gasteiger partial charge is 0.161 e. The molecule has 7 heterocycles. The molecule has 0 aromatic carbocycles. The molecule has 0 atom stereocenters. The second-order valence-electron chi connectivity index (χ2n) is 9.00. The maximum atomic E-state index is 16.0. The topological polar surface area (TPSA) is 112 Å². The number of halogens is 1. The molecule has 1 fully saturated rings. The molecular formula is C26H21FN8O. The van der Waals surface area contributed by atoms with E-state index in [4.69, 9.17) is 9.40 Å². The van der Waals surface area contributed by atoms with Crippen LogP contribution in [-0.2, 0) is 6.54 Å². The van der Waals surface area contributed by atoms with Crippen LogP contribution in [0, 0.1) is 5.82 Å². The van der Waals surface area contributed by atoms with Gasteiger partial charge in [-0.2, -0.15) is 5.10 Å². The number of nitrogens with zero attached hydrogens (tertiary/aromatic N) is 6. The second-order valence-corrected chi connectivity index (χ2v) is 9.00. The summed E-state index contributed by atoms with van der Waals surface area (Å²) in [4.78, 5) is 23.5. The number of furan rings is 1. The zero-order chi connectivity index (χ0) is 24.1. The first kappa shape index (κ1) is 20.9. The molecule has 0 radical (unpaired) electrons. The van der Waals surface area contributed by atoms with Crippen LogP contribution >= 0.6 is 0 Å². The third-order valence-electron chi connectivity index (χ3n) is 6.68. The lowest BCUT2D eigenvalue weighted by Crippen LogP contribution is -2.18. The highest BCUT2D eigenvalue weighted by Crippen LogP contribution is 2.34. The summed E-state index contributed by atoms with van der Waals surface area (Å²) in [7, 11) is 0. The number of nitrogens with one attached hydrogen (secondary N) is 2. The summed E-state index contributed by atoms with van der Waals surface area (Å²) in [5.74, 6) is -0.0224. The Balaban J connectivity index is 1.32. The molecule has 6 aromatic heterocycles. The standard InChI is InChI=1S/C26H21FN8O/c27-21-19(17-9-15(10-28-11-17)13-35-6-1-2-7-35)12-30-24-20(21)23(33-34-24)26-31-22-18(16-4-8-36-14-16)3-5-29-25(22)32-26/h3-5,8-12,14H,1-2,6-7,13H2,(H,29,31,32)(H,30,33,34). The number of H-pyrrole nitrogens is 2. The Morgan fingerprint density at radius 1 is 1.00 bits per heavy atom. The van der Waals surface area contributed by atoms with Crippen molar-refractivity contribution in [2.45, 2.75) is 19.4 Å². The number of fused-ring (bicyclic) bond motifs is 2. The van der Waals surface area contributed by atoms with Crippen LogP contribution in [0.1, 0.15) is 18.4 Å². The number of rotatable bonds is 5. The molecule has 1 saturated heterocycles. The highest BCUT2D eigenvalue weighted by atomic mass is 19.1. The van der Waals surface area contributed by atoms with E-state index >= 15 is 4.39 Å². The highest BCUT2D eigenvalue weighted by Gasteiger charge is 2.22. The minimum Gasteiger partial charge on any atom is -0.472 e. The van der Waals surface area contributed by atoms with E-state index < -0.39 is 5.82 Å². The Bertz CT molecular complexity index is 1700. The van der Waals surface area contributed by atoms with Crippen LogP contribution in [0.2, 0.25) is 0 Å². The summed E-state index contributed by atoms with van der Waals surface area (Å²) in [6.45, 7) is 2.97. The summed E-state index contributed by atoms with van der Waals surface area (Å²) in [6.07, 6.45) is 12.4. The SMILES string of the molecule is Fc1c(-c2cncc(CN3CCCC3)c2)cnc2[nH]nc(-c3nc4c(-c5ccoc5)ccnc4[nH]3)c12. The van der Waals surface area contributed by atoms with E-state index in [9.17, 15) is 0 Å². The molecule has 0 saturated carbocycles. The van der Waals surface area contributed by atoms with Gasteiger partial charge in [-0.15, -0.1) is 0 Å². The Morgan fingerprint density at radius 2 is 1.92 bits per heavy atom. The fourth-order valence-electron chi connectivity index (χ4n) is 4.92. The van der Waals surface area contributed by atoms with Gasteiger partial charge in [0.25, 0.3) is 0 Å². The molecule has 0 spiro atoms. The molecule has 6 aromatic rings. The van der Waals surface area contributed by atoms with Crippen molar-refractivity contribution in [1.82, 2.24) is 40.0 Å². The molecule has 7 rings (SSSR count). The molecule has 2 N–H and O–H groups in total. The van der Waals surface area contributed by atoms with Gasteiger partial charge in [-0.05, 0) is 49.7 Å². The average Bonchev–Trinajstić information content (AvgIpc) is 3.70. The van der Waals surface area contributed by atoms with Gasteiger partial charge in [0.15, 0.2) is 17.1 Å². The first-order chi connectivity index (χ1) is 17.7. The van der Waals surface area contributed by atoms with Crippen LogP contribution in [-0.4, -0.2) is 53.1 Å². The molecule has 0 amide bonds. The van der Waals surface area contributed by atoms with Crippen LogP contribution in [0.3, 0.4) is 0 Å². The number of likely N-dealkylation sites (tertiary alicyclic amines) is 1. The maximum Gasteiger partial charge on any atom is 0.161 e. The highest BCUT2D eigenvalue weighted by molar-refractivity contribution is 5.96. The minimum absolute atomic E-state index is 0.265. The summed E-state index contributed by atoms with van der Waals surface area (Å²) in [5, 5.41) is 7.44. The lowest BCUT2D eigenvalue weighted by Gasteiger charge is -2.15. The number of aromatic nitrogens is 7. The quantitative estimate of drug-likeness (QED) is 0.359. The number of aromatic amines is 2. The van der Waals surface area contributed by atoms with E-state index in [1.165, 1.54) is 19.0 Å². The molecule has 1 aliphatic rings. The fraction of sp³-hybridized carbons (Fsp3) is 0.192. The van der Waals surface area contributed by atoms with Crippen molar-refractivity contribution in [3.05, 3.63) is 66.9 Å². The Kier molecular flexibility index (Phi) is 4.84. The van der Waals surface area contributed by atoms with Crippen molar-refractivity contribution >= 4 is 22.2 Å². The molecule has 10 heteroatoms. The molecule has 0 unspecified atom stereocenters. The van der Waals surface area contributed by atoms with Crippen molar-refractivity contribution in [3.8, 4) is 33.8 Å². The van der Waals surface area contributed by atoms with Crippen LogP contribution in [0.4, 0.5) is 4.39 Å². The van der Waals surface area contributed by atoms with Gasteiger partial charge < -0.3 is 9.40 Å². The van der Waals surface area contributed by atoms with Crippen LogP contribution in [0.25, 0.3) is 56.0 Å². The van der Waals surface area contributed by atoms with Crippen LogP contribution in [0.5, 0.6) is 0 Å². The van der Waals surface area contributed by atoms with Gasteiger partial charge in [0.1, 0.15) is 17.0 Å². The molecule has 0 aliphatic carbocycles. The van der Waals surface area contributed by atoms with Crippen LogP contribution in [0.15, 0.2) is 59.9 Å². The Labute approximate surface area is 204 Å². The summed E-state index contributed by atoms with van der Waals surface area (Å²) in [6, 6.07) is 5.71. The van der Waals surface area contributed by atoms with Crippen molar-refractivity contribution in [2.75, 3.05) is 13.1 Å². The van der Waals surface area contributed by atoms with Gasteiger partial charge in [-0.25, -0.2) is 19.3 Å². The Morgan fingerprint density at radius 3 is 2.78 bits per heavy atom. The summed E-state index contributed by atoms with van der Waals surface area (Å²) in [5.41, 5.74) is 5.74. The number of imidazole rings is 1. The molecule has 0 bridgehead atoms. The van der Waals surface area contributed by atoms with E-state index in [0.717, 1.165) is 36.3 Å². The van der Waals surface area contributed by atoms with E-state index in [2.05, 4.69) is 35.0 Å². The lowest BCUT2D eigenvalue weighted by molar-refractivity contribution is 0.331. The molecule has 178 valence electrons. The predicted molar refractivity (Wildman–Crippen MR) is 132 cm³/mol. The van der Waals surface area contributed by atoms with E-state index in [0.29, 0.717) is 39.5 Å². The van der Waals surface area contributed by atoms with E-state index in [1.54, 1.807) is 24.9 Å². The van der Waals surface area contributed by atoms with Gasteiger partial charge in [0.05, 0.1) is 17.9 Å². The number of hydrogen-bond acceptors (Lipinski definition) is 7. The van der Waals surface area contributed by atoms with Crippen molar-refractivity contribution < 1.29 is 8.81 Å². The minimum atomic E-state index is -0.424. The van der Waals surface area contributed by atoms with Crippen molar-refractivity contribution in [3.63, 3.8) is 0 Å².